The molecule has 1 aliphatic rings. The molecule has 3 rings (SSSR count). The van der Waals surface area contributed by atoms with E-state index >= 15 is 0 Å². The maximum absolute atomic E-state index is 12.4. The van der Waals surface area contributed by atoms with Crippen LogP contribution in [0.5, 0.6) is 0 Å². The standard InChI is InChI=1S/C14H14N2O2/c17-13-7-2-1-5-10(13)14(18)11-9-15-16-8-4-3-6-12(11)16/h3-4,6,8-10H,1-2,5,7H2. The van der Waals surface area contributed by atoms with Gasteiger partial charge in [0, 0.05) is 12.6 Å². The largest absolute Gasteiger partial charge is 0.299 e. The molecule has 0 bridgehead atoms. The molecule has 0 amide bonds. The zero-order chi connectivity index (χ0) is 12.5. The lowest BCUT2D eigenvalue weighted by Crippen LogP contribution is -2.27. The van der Waals surface area contributed by atoms with Crippen LogP contribution in [0.15, 0.2) is 30.6 Å². The zero-order valence-electron chi connectivity index (χ0n) is 10.0. The van der Waals surface area contributed by atoms with Crippen molar-refractivity contribution in [2.75, 3.05) is 0 Å². The van der Waals surface area contributed by atoms with E-state index in [0.29, 0.717) is 18.4 Å². The molecule has 92 valence electrons. The molecule has 0 saturated heterocycles. The van der Waals surface area contributed by atoms with Crippen molar-refractivity contribution in [3.05, 3.63) is 36.2 Å². The van der Waals surface area contributed by atoms with Gasteiger partial charge >= 0.3 is 0 Å². The van der Waals surface area contributed by atoms with Crippen LogP contribution in [-0.4, -0.2) is 21.2 Å². The van der Waals surface area contributed by atoms with Crippen LogP contribution in [0.4, 0.5) is 0 Å². The van der Waals surface area contributed by atoms with E-state index in [9.17, 15) is 9.59 Å². The number of hydrogen-bond acceptors (Lipinski definition) is 3. The van der Waals surface area contributed by atoms with E-state index in [1.807, 2.05) is 18.2 Å². The number of carbonyl (C=O) groups is 2. The van der Waals surface area contributed by atoms with Crippen molar-refractivity contribution in [1.29, 1.82) is 0 Å². The minimum absolute atomic E-state index is 0.0686. The van der Waals surface area contributed by atoms with Crippen molar-refractivity contribution in [2.24, 2.45) is 5.92 Å². The Morgan fingerprint density at radius 1 is 1.33 bits per heavy atom. The number of rotatable bonds is 2. The van der Waals surface area contributed by atoms with Crippen molar-refractivity contribution < 1.29 is 9.59 Å². The van der Waals surface area contributed by atoms with E-state index in [0.717, 1.165) is 18.4 Å². The van der Waals surface area contributed by atoms with Gasteiger partial charge in [0.1, 0.15) is 5.78 Å². The molecule has 1 aliphatic carbocycles. The fraction of sp³-hybridized carbons (Fsp3) is 0.357. The summed E-state index contributed by atoms with van der Waals surface area (Å²) in [5, 5.41) is 4.14. The summed E-state index contributed by atoms with van der Waals surface area (Å²) < 4.78 is 1.67. The van der Waals surface area contributed by atoms with E-state index in [1.54, 1.807) is 16.9 Å². The highest BCUT2D eigenvalue weighted by Crippen LogP contribution is 2.25. The van der Waals surface area contributed by atoms with Crippen LogP contribution < -0.4 is 0 Å². The molecule has 0 radical (unpaired) electrons. The molecular formula is C14H14N2O2. The molecule has 0 spiro atoms. The van der Waals surface area contributed by atoms with E-state index in [-0.39, 0.29) is 11.6 Å². The van der Waals surface area contributed by atoms with E-state index in [1.165, 1.54) is 0 Å². The third kappa shape index (κ3) is 1.74. The number of nitrogens with zero attached hydrogens (tertiary/aromatic N) is 2. The van der Waals surface area contributed by atoms with Gasteiger partial charge in [-0.1, -0.05) is 12.5 Å². The van der Waals surface area contributed by atoms with Gasteiger partial charge in [-0.05, 0) is 25.0 Å². The summed E-state index contributed by atoms with van der Waals surface area (Å²) in [5.41, 5.74) is 1.34. The Hall–Kier alpha value is -1.97. The summed E-state index contributed by atoms with van der Waals surface area (Å²) in [6.45, 7) is 0. The fourth-order valence-corrected chi connectivity index (χ4v) is 2.57. The lowest BCUT2D eigenvalue weighted by Gasteiger charge is -2.18. The average Bonchev–Trinajstić information content (AvgIpc) is 2.82. The second kappa shape index (κ2) is 4.37. The topological polar surface area (TPSA) is 51.4 Å². The smallest absolute Gasteiger partial charge is 0.177 e. The molecule has 2 aromatic heterocycles. The first kappa shape index (κ1) is 11.1. The molecule has 2 aromatic rings. The number of aromatic nitrogens is 2. The van der Waals surface area contributed by atoms with Gasteiger partial charge in [0.25, 0.3) is 0 Å². The van der Waals surface area contributed by atoms with Gasteiger partial charge in [0.2, 0.25) is 0 Å². The normalized spacial score (nSPS) is 20.2. The lowest BCUT2D eigenvalue weighted by molar-refractivity contribution is -0.122. The lowest BCUT2D eigenvalue weighted by atomic mass is 9.83. The third-order valence-corrected chi connectivity index (χ3v) is 3.56. The molecule has 0 aromatic carbocycles. The van der Waals surface area contributed by atoms with E-state index < -0.39 is 5.92 Å². The minimum Gasteiger partial charge on any atom is -0.299 e. The number of Topliss-reactive ketones (excluding diaryl/α,β-unsaturated/α-hetero) is 2. The van der Waals surface area contributed by atoms with Gasteiger partial charge in [-0.2, -0.15) is 5.10 Å². The van der Waals surface area contributed by atoms with Crippen LogP contribution >= 0.6 is 0 Å². The van der Waals surface area contributed by atoms with Gasteiger partial charge in [0.05, 0.1) is 23.2 Å². The van der Waals surface area contributed by atoms with Crippen molar-refractivity contribution in [3.8, 4) is 0 Å². The predicted octanol–water partition coefficient (Wildman–Crippen LogP) is 2.28. The zero-order valence-corrected chi connectivity index (χ0v) is 10.0. The van der Waals surface area contributed by atoms with Gasteiger partial charge in [-0.25, -0.2) is 4.52 Å². The first-order valence-electron chi connectivity index (χ1n) is 6.26. The molecule has 1 unspecified atom stereocenters. The Kier molecular flexibility index (Phi) is 2.70. The van der Waals surface area contributed by atoms with Crippen LogP contribution in [0, 0.1) is 5.92 Å². The Morgan fingerprint density at radius 2 is 2.22 bits per heavy atom. The maximum Gasteiger partial charge on any atom is 0.177 e. The summed E-state index contributed by atoms with van der Waals surface area (Å²) in [5.74, 6) is -0.436. The Morgan fingerprint density at radius 3 is 3.06 bits per heavy atom. The third-order valence-electron chi connectivity index (χ3n) is 3.56. The Balaban J connectivity index is 1.99. The molecule has 0 aliphatic heterocycles. The Labute approximate surface area is 105 Å². The summed E-state index contributed by atoms with van der Waals surface area (Å²) in [4.78, 5) is 24.2. The number of carbonyl (C=O) groups excluding carboxylic acids is 2. The van der Waals surface area contributed by atoms with E-state index in [2.05, 4.69) is 5.10 Å². The molecule has 1 saturated carbocycles. The monoisotopic (exact) mass is 242 g/mol. The summed E-state index contributed by atoms with van der Waals surface area (Å²) >= 11 is 0. The van der Waals surface area contributed by atoms with Crippen molar-refractivity contribution in [2.45, 2.75) is 25.7 Å². The van der Waals surface area contributed by atoms with Gasteiger partial charge in [-0.15, -0.1) is 0 Å². The molecule has 1 atom stereocenters. The van der Waals surface area contributed by atoms with Crippen molar-refractivity contribution in [3.63, 3.8) is 0 Å². The molecule has 0 N–H and O–H groups in total. The van der Waals surface area contributed by atoms with Crippen LogP contribution in [0.1, 0.15) is 36.0 Å². The maximum atomic E-state index is 12.4. The molecule has 18 heavy (non-hydrogen) atoms. The van der Waals surface area contributed by atoms with Crippen LogP contribution in [-0.2, 0) is 4.79 Å². The van der Waals surface area contributed by atoms with Crippen molar-refractivity contribution >= 4 is 17.1 Å². The Bertz CT molecular complexity index is 615. The highest BCUT2D eigenvalue weighted by molar-refractivity contribution is 6.13. The number of hydrogen-bond donors (Lipinski definition) is 0. The number of ketones is 2. The minimum atomic E-state index is -0.452. The van der Waals surface area contributed by atoms with Crippen molar-refractivity contribution in [1.82, 2.24) is 9.61 Å². The second-order valence-corrected chi connectivity index (χ2v) is 4.72. The number of fused-ring (bicyclic) bond motifs is 1. The van der Waals surface area contributed by atoms with Crippen LogP contribution in [0.3, 0.4) is 0 Å². The van der Waals surface area contributed by atoms with E-state index in [4.69, 9.17) is 0 Å². The molecule has 4 heteroatoms. The quantitative estimate of drug-likeness (QED) is 0.599. The van der Waals surface area contributed by atoms with Crippen LogP contribution in [0.2, 0.25) is 0 Å². The molecule has 1 fully saturated rings. The summed E-state index contributed by atoms with van der Waals surface area (Å²) in [6, 6.07) is 5.59. The molecular weight excluding hydrogens is 228 g/mol. The van der Waals surface area contributed by atoms with Gasteiger partial charge in [0.15, 0.2) is 5.78 Å². The first-order chi connectivity index (χ1) is 8.77. The molecule has 4 nitrogen and oxygen atoms in total. The average molecular weight is 242 g/mol. The van der Waals surface area contributed by atoms with Gasteiger partial charge < -0.3 is 0 Å². The summed E-state index contributed by atoms with van der Waals surface area (Å²) in [7, 11) is 0. The fourth-order valence-electron chi connectivity index (χ4n) is 2.57. The molecule has 2 heterocycles. The highest BCUT2D eigenvalue weighted by atomic mass is 16.2. The second-order valence-electron chi connectivity index (χ2n) is 4.72. The first-order valence-corrected chi connectivity index (χ1v) is 6.26. The van der Waals surface area contributed by atoms with Crippen LogP contribution in [0.25, 0.3) is 5.52 Å². The van der Waals surface area contributed by atoms with Gasteiger partial charge in [-0.3, -0.25) is 9.59 Å². The SMILES string of the molecule is O=C1CCCCC1C(=O)c1cnn2ccccc12. The predicted molar refractivity (Wildman–Crippen MR) is 66.5 cm³/mol. The summed E-state index contributed by atoms with van der Waals surface area (Å²) in [6.07, 6.45) is 6.46. The number of pyridine rings is 1. The highest BCUT2D eigenvalue weighted by Gasteiger charge is 2.30.